The molecule has 1 N–H and O–H groups in total. The predicted molar refractivity (Wildman–Crippen MR) is 156 cm³/mol. The number of carbonyl (C=O) groups excluding carboxylic acids is 2. The van der Waals surface area contributed by atoms with Crippen LogP contribution in [-0.4, -0.2) is 81.1 Å². The number of hydrogen-bond acceptors (Lipinski definition) is 7. The maximum Gasteiger partial charge on any atom is 0.472 e. The van der Waals surface area contributed by atoms with Gasteiger partial charge in [-0.2, -0.15) is 13.2 Å². The fourth-order valence-corrected chi connectivity index (χ4v) is 4.65. The Bertz CT molecular complexity index is 777. The van der Waals surface area contributed by atoms with Gasteiger partial charge in [-0.1, -0.05) is 90.9 Å². The van der Waals surface area contributed by atoms with Gasteiger partial charge in [0.05, 0.1) is 40.1 Å². The Morgan fingerprint density at radius 3 is 1.79 bits per heavy atom. The fourth-order valence-electron chi connectivity index (χ4n) is 3.91. The molecule has 0 radical (unpaired) electrons. The van der Waals surface area contributed by atoms with Crippen molar-refractivity contribution in [2.45, 2.75) is 122 Å². The molecule has 0 saturated carbocycles. The monoisotopic (exact) mass is 634 g/mol. The lowest BCUT2D eigenvalue weighted by Gasteiger charge is -2.24. The minimum Gasteiger partial charge on any atom is -0.462 e. The molecular formula is C29H56F3NO8P+. The van der Waals surface area contributed by atoms with Gasteiger partial charge in [0, 0.05) is 6.42 Å². The van der Waals surface area contributed by atoms with E-state index in [4.69, 9.17) is 18.5 Å². The first-order valence-electron chi connectivity index (χ1n) is 15.4. The SMILES string of the molecule is CCCCCCCCCCCCCCCC(=O)OC[C@H](COP(=O)(O)OCC[N+](C)(C)C)OC(=O)CC(C)C(F)(F)F. The Morgan fingerprint density at radius 2 is 1.31 bits per heavy atom. The van der Waals surface area contributed by atoms with Gasteiger partial charge < -0.3 is 18.9 Å². The molecule has 2 unspecified atom stereocenters. The van der Waals surface area contributed by atoms with Crippen LogP contribution in [0.4, 0.5) is 13.2 Å². The second kappa shape index (κ2) is 22.3. The molecule has 0 rings (SSSR count). The summed E-state index contributed by atoms with van der Waals surface area (Å²) in [5, 5.41) is 0. The van der Waals surface area contributed by atoms with Crippen LogP contribution in [0.25, 0.3) is 0 Å². The topological polar surface area (TPSA) is 108 Å². The maximum absolute atomic E-state index is 12.8. The first-order chi connectivity index (χ1) is 19.6. The maximum atomic E-state index is 12.8. The zero-order chi connectivity index (χ0) is 32.1. The number of likely N-dealkylation sites (N-methyl/N-ethyl adjacent to an activating group) is 1. The summed E-state index contributed by atoms with van der Waals surface area (Å²) in [6, 6.07) is 0. The number of esters is 2. The molecular weight excluding hydrogens is 578 g/mol. The molecule has 250 valence electrons. The van der Waals surface area contributed by atoms with E-state index in [2.05, 4.69) is 6.92 Å². The van der Waals surface area contributed by atoms with Crippen LogP contribution in [0.2, 0.25) is 0 Å². The van der Waals surface area contributed by atoms with E-state index >= 15 is 0 Å². The van der Waals surface area contributed by atoms with Crippen molar-refractivity contribution in [2.24, 2.45) is 5.92 Å². The largest absolute Gasteiger partial charge is 0.472 e. The van der Waals surface area contributed by atoms with Crippen molar-refractivity contribution in [3.05, 3.63) is 0 Å². The van der Waals surface area contributed by atoms with Gasteiger partial charge in [0.1, 0.15) is 19.8 Å². The summed E-state index contributed by atoms with van der Waals surface area (Å²) in [6.45, 7) is 2.14. The summed E-state index contributed by atoms with van der Waals surface area (Å²) in [5.74, 6) is -3.71. The Labute approximate surface area is 251 Å². The Morgan fingerprint density at radius 1 is 0.810 bits per heavy atom. The molecule has 13 heteroatoms. The Hall–Kier alpha value is -1.20. The minimum atomic E-state index is -4.59. The van der Waals surface area contributed by atoms with Crippen LogP contribution in [0.5, 0.6) is 0 Å². The first kappa shape index (κ1) is 40.8. The van der Waals surface area contributed by atoms with E-state index in [9.17, 15) is 32.2 Å². The van der Waals surface area contributed by atoms with Crippen LogP contribution < -0.4 is 0 Å². The third-order valence-corrected chi connectivity index (χ3v) is 7.67. The molecule has 0 spiro atoms. The predicted octanol–water partition coefficient (Wildman–Crippen LogP) is 7.35. The van der Waals surface area contributed by atoms with Crippen LogP contribution in [0.15, 0.2) is 0 Å². The van der Waals surface area contributed by atoms with E-state index < -0.39 is 57.6 Å². The standard InChI is InChI=1S/C29H55F3NO8P/c1-6-7-8-9-10-11-12-13-14-15-16-17-18-19-27(34)38-23-26(41-28(35)22-25(2)29(30,31)32)24-40-42(36,37)39-21-20-33(3,4)5/h25-26H,6-24H2,1-5H3/p+1/t25?,26-/m1/s1. The molecule has 3 atom stereocenters. The number of carbonyl (C=O) groups is 2. The quantitative estimate of drug-likeness (QED) is 0.0456. The summed E-state index contributed by atoms with van der Waals surface area (Å²) in [5.41, 5.74) is 0. The molecule has 0 aliphatic carbocycles. The number of halogens is 3. The van der Waals surface area contributed by atoms with Crippen molar-refractivity contribution in [1.82, 2.24) is 0 Å². The van der Waals surface area contributed by atoms with E-state index in [1.165, 1.54) is 57.8 Å². The van der Waals surface area contributed by atoms with E-state index in [1.54, 1.807) is 0 Å². The highest BCUT2D eigenvalue weighted by atomic mass is 31.2. The molecule has 0 aromatic heterocycles. The van der Waals surface area contributed by atoms with Crippen LogP contribution in [-0.2, 0) is 32.7 Å². The third kappa shape index (κ3) is 25.3. The second-order valence-electron chi connectivity index (χ2n) is 12.0. The zero-order valence-corrected chi connectivity index (χ0v) is 27.3. The van der Waals surface area contributed by atoms with Crippen molar-refractivity contribution in [3.63, 3.8) is 0 Å². The lowest BCUT2D eigenvalue weighted by Crippen LogP contribution is -2.37. The average Bonchev–Trinajstić information content (AvgIpc) is 2.86. The number of alkyl halides is 3. The van der Waals surface area contributed by atoms with Crippen molar-refractivity contribution < 1.29 is 55.2 Å². The minimum absolute atomic E-state index is 0.0983. The highest BCUT2D eigenvalue weighted by molar-refractivity contribution is 7.47. The number of nitrogens with zero attached hydrogens (tertiary/aromatic N) is 1. The van der Waals surface area contributed by atoms with Gasteiger partial charge in [-0.15, -0.1) is 0 Å². The zero-order valence-electron chi connectivity index (χ0n) is 26.4. The Kier molecular flexibility index (Phi) is 21.7. The lowest BCUT2D eigenvalue weighted by atomic mass is 10.0. The number of phosphoric acid groups is 1. The van der Waals surface area contributed by atoms with E-state index in [1.807, 2.05) is 21.1 Å². The number of ether oxygens (including phenoxy) is 2. The number of hydrogen-bond donors (Lipinski definition) is 1. The van der Waals surface area contributed by atoms with Crippen molar-refractivity contribution in [3.8, 4) is 0 Å². The molecule has 0 aliphatic rings. The first-order valence-corrected chi connectivity index (χ1v) is 16.9. The van der Waals surface area contributed by atoms with Crippen molar-refractivity contribution in [1.29, 1.82) is 0 Å². The van der Waals surface area contributed by atoms with Gasteiger partial charge in [0.2, 0.25) is 0 Å². The summed E-state index contributed by atoms with van der Waals surface area (Å²) in [4.78, 5) is 34.2. The van der Waals surface area contributed by atoms with E-state index in [0.717, 1.165) is 26.2 Å². The molecule has 9 nitrogen and oxygen atoms in total. The third-order valence-electron chi connectivity index (χ3n) is 6.68. The summed E-state index contributed by atoms with van der Waals surface area (Å²) in [6.07, 6.45) is 8.30. The second-order valence-corrected chi connectivity index (χ2v) is 13.5. The normalized spacial score (nSPS) is 15.2. The molecule has 0 bridgehead atoms. The summed E-state index contributed by atoms with van der Waals surface area (Å²) >= 11 is 0. The molecule has 0 heterocycles. The fraction of sp³-hybridized carbons (Fsp3) is 0.931. The molecule has 42 heavy (non-hydrogen) atoms. The van der Waals surface area contributed by atoms with Crippen molar-refractivity contribution in [2.75, 3.05) is 47.5 Å². The molecule has 0 fully saturated rings. The number of rotatable bonds is 26. The van der Waals surface area contributed by atoms with E-state index in [-0.39, 0.29) is 13.0 Å². The highest BCUT2D eigenvalue weighted by Gasteiger charge is 2.38. The van der Waals surface area contributed by atoms with Gasteiger partial charge in [0.25, 0.3) is 0 Å². The molecule has 0 aromatic rings. The number of quaternary nitrogens is 1. The molecule has 0 aromatic carbocycles. The van der Waals surface area contributed by atoms with Crippen LogP contribution in [0, 0.1) is 5.92 Å². The van der Waals surface area contributed by atoms with Gasteiger partial charge in [-0.3, -0.25) is 18.6 Å². The number of unbranched alkanes of at least 4 members (excludes halogenated alkanes) is 12. The van der Waals surface area contributed by atoms with Gasteiger partial charge in [-0.25, -0.2) is 4.57 Å². The molecule has 0 saturated heterocycles. The van der Waals surface area contributed by atoms with Gasteiger partial charge in [0.15, 0.2) is 6.10 Å². The highest BCUT2D eigenvalue weighted by Crippen LogP contribution is 2.43. The van der Waals surface area contributed by atoms with Crippen LogP contribution >= 0.6 is 7.82 Å². The van der Waals surface area contributed by atoms with Gasteiger partial charge in [-0.05, 0) is 6.42 Å². The van der Waals surface area contributed by atoms with Crippen LogP contribution in [0.3, 0.4) is 0 Å². The summed E-state index contributed by atoms with van der Waals surface area (Å²) in [7, 11) is 1.03. The average molecular weight is 635 g/mol. The molecule has 0 amide bonds. The van der Waals surface area contributed by atoms with Crippen LogP contribution in [0.1, 0.15) is 110 Å². The number of phosphoric ester groups is 1. The summed E-state index contributed by atoms with van der Waals surface area (Å²) < 4.78 is 71.1. The van der Waals surface area contributed by atoms with Gasteiger partial charge >= 0.3 is 25.9 Å². The smallest absolute Gasteiger partial charge is 0.462 e. The molecule has 0 aliphatic heterocycles. The Balaban J connectivity index is 4.47. The van der Waals surface area contributed by atoms with E-state index in [0.29, 0.717) is 17.4 Å². The van der Waals surface area contributed by atoms with Crippen molar-refractivity contribution >= 4 is 19.8 Å². The lowest BCUT2D eigenvalue weighted by molar-refractivity contribution is -0.870.